The standard InChI is InChI=1S/C29H30N6O2.C6H12O.2C2H6/c1-4-14-34(3)19-27-30-17-25(32-27)12-8-21-6-10-24-16-22(7-11-23(24)15-21)9-13-26-18-31-28(33-26)20-35(5-2)29(36)37;1-5-7-6(2,3)4;2*1-2/h6-7,10-11,15-18H,4-5,14,19-20H2,1-3H3,(H,30,32)(H,31,33)(H,36,37);5H,1H2,2-4H3;2*1-2H3. The average molecular weight is 655 g/mol. The topological polar surface area (TPSA) is 110 Å². The molecule has 0 bridgehead atoms. The molecule has 4 aromatic rings. The van der Waals surface area contributed by atoms with Gasteiger partial charge >= 0.3 is 6.09 Å². The molecule has 2 aromatic heterocycles. The zero-order valence-electron chi connectivity index (χ0n) is 30.5. The van der Waals surface area contributed by atoms with Crippen LogP contribution in [0.1, 0.15) is 103 Å². The first kappa shape index (κ1) is 41.0. The van der Waals surface area contributed by atoms with Crippen molar-refractivity contribution in [2.24, 2.45) is 0 Å². The molecule has 9 heteroatoms. The van der Waals surface area contributed by atoms with E-state index >= 15 is 0 Å². The lowest BCUT2D eigenvalue weighted by Gasteiger charge is -2.16. The Morgan fingerprint density at radius 2 is 1.35 bits per heavy atom. The minimum absolute atomic E-state index is 0.0677. The van der Waals surface area contributed by atoms with Crippen molar-refractivity contribution in [2.75, 3.05) is 20.1 Å². The molecule has 4 rings (SSSR count). The van der Waals surface area contributed by atoms with E-state index in [4.69, 9.17) is 9.84 Å². The van der Waals surface area contributed by atoms with Crippen LogP contribution in [0, 0.1) is 23.7 Å². The summed E-state index contributed by atoms with van der Waals surface area (Å²) >= 11 is 0. The number of benzene rings is 2. The first-order valence-electron chi connectivity index (χ1n) is 16.6. The first-order valence-corrected chi connectivity index (χ1v) is 16.6. The highest BCUT2D eigenvalue weighted by Crippen LogP contribution is 2.18. The second-order valence-corrected chi connectivity index (χ2v) is 11.2. The number of aromatic nitrogens is 4. The molecule has 258 valence electrons. The molecule has 0 radical (unpaired) electrons. The third-order valence-electron chi connectivity index (χ3n) is 6.23. The minimum atomic E-state index is -0.974. The molecule has 0 aliphatic heterocycles. The van der Waals surface area contributed by atoms with Crippen molar-refractivity contribution in [3.05, 3.63) is 95.8 Å². The quantitative estimate of drug-likeness (QED) is 0.130. The van der Waals surface area contributed by atoms with Crippen LogP contribution in [0.15, 0.2) is 61.6 Å². The number of nitrogens with zero attached hydrogens (tertiary/aromatic N) is 4. The molecule has 0 spiro atoms. The van der Waals surface area contributed by atoms with Crippen LogP contribution in [0.4, 0.5) is 4.79 Å². The fraction of sp³-hybridized carbons (Fsp3) is 0.410. The van der Waals surface area contributed by atoms with Crippen molar-refractivity contribution in [1.29, 1.82) is 0 Å². The Kier molecular flexibility index (Phi) is 18.6. The molecule has 3 N–H and O–H groups in total. The summed E-state index contributed by atoms with van der Waals surface area (Å²) in [5.41, 5.74) is 3.18. The number of aromatic amines is 2. The second-order valence-electron chi connectivity index (χ2n) is 11.2. The number of fused-ring (bicyclic) bond motifs is 1. The molecule has 0 saturated carbocycles. The number of rotatable bonds is 8. The van der Waals surface area contributed by atoms with Gasteiger partial charge in [-0.3, -0.25) is 4.90 Å². The summed E-state index contributed by atoms with van der Waals surface area (Å²) in [6, 6.07) is 12.2. The van der Waals surface area contributed by atoms with Gasteiger partial charge < -0.3 is 24.7 Å². The fourth-order valence-electron chi connectivity index (χ4n) is 4.15. The Balaban J connectivity index is 0.000000918. The van der Waals surface area contributed by atoms with Gasteiger partial charge in [0.2, 0.25) is 0 Å². The predicted molar refractivity (Wildman–Crippen MR) is 198 cm³/mol. The number of ether oxygens (including phenoxy) is 1. The van der Waals surface area contributed by atoms with Gasteiger partial charge in [-0.2, -0.15) is 0 Å². The number of nitrogens with one attached hydrogen (secondary N) is 2. The highest BCUT2D eigenvalue weighted by Gasteiger charge is 2.11. The third kappa shape index (κ3) is 15.1. The van der Waals surface area contributed by atoms with Gasteiger partial charge in [-0.25, -0.2) is 14.8 Å². The molecule has 0 unspecified atom stereocenters. The highest BCUT2D eigenvalue weighted by molar-refractivity contribution is 5.85. The molecule has 48 heavy (non-hydrogen) atoms. The fourth-order valence-corrected chi connectivity index (χ4v) is 4.15. The van der Waals surface area contributed by atoms with Crippen LogP contribution in [0.25, 0.3) is 10.8 Å². The van der Waals surface area contributed by atoms with Crippen LogP contribution in [-0.4, -0.2) is 66.7 Å². The molecule has 0 saturated heterocycles. The number of imidazole rings is 2. The average Bonchev–Trinajstić information content (AvgIpc) is 3.72. The summed E-state index contributed by atoms with van der Waals surface area (Å²) in [7, 11) is 2.08. The van der Waals surface area contributed by atoms with E-state index in [1.807, 2.05) is 78.8 Å². The van der Waals surface area contributed by atoms with Gasteiger partial charge in [-0.05, 0) is 94.6 Å². The smallest absolute Gasteiger partial charge is 0.407 e. The summed E-state index contributed by atoms with van der Waals surface area (Å²) < 4.78 is 4.99. The molecule has 0 fully saturated rings. The predicted octanol–water partition coefficient (Wildman–Crippen LogP) is 8.42. The van der Waals surface area contributed by atoms with E-state index in [2.05, 4.69) is 75.1 Å². The third-order valence-corrected chi connectivity index (χ3v) is 6.23. The maximum atomic E-state index is 11.2. The number of hydrogen-bond acceptors (Lipinski definition) is 5. The molecular formula is C39H54N6O3. The minimum Gasteiger partial charge on any atom is -0.496 e. The van der Waals surface area contributed by atoms with Crippen LogP contribution in [0.5, 0.6) is 0 Å². The second kappa shape index (κ2) is 21.7. The SMILES string of the molecule is C=COC(C)(C)C.CC.CC.CCCN(C)Cc1ncc(C#Cc2ccc3cc(C#Cc4cnc(CN(CC)C(=O)O)[nH]4)ccc3c2)[nH]1. The number of carboxylic acid groups (broad SMARTS) is 1. The number of amides is 1. The van der Waals surface area contributed by atoms with Crippen LogP contribution in [-0.2, 0) is 17.8 Å². The van der Waals surface area contributed by atoms with Crippen LogP contribution >= 0.6 is 0 Å². The van der Waals surface area contributed by atoms with E-state index < -0.39 is 6.09 Å². The summed E-state index contributed by atoms with van der Waals surface area (Å²) in [5.74, 6) is 14.1. The monoisotopic (exact) mass is 654 g/mol. The van der Waals surface area contributed by atoms with Crippen molar-refractivity contribution >= 4 is 16.9 Å². The molecule has 2 heterocycles. The highest BCUT2D eigenvalue weighted by atomic mass is 16.5. The maximum absolute atomic E-state index is 11.2. The van der Waals surface area contributed by atoms with E-state index in [9.17, 15) is 4.79 Å². The number of hydrogen-bond donors (Lipinski definition) is 3. The molecular weight excluding hydrogens is 600 g/mol. The van der Waals surface area contributed by atoms with Crippen LogP contribution in [0.3, 0.4) is 0 Å². The lowest BCUT2D eigenvalue weighted by atomic mass is 10.0. The van der Waals surface area contributed by atoms with Crippen molar-refractivity contribution in [1.82, 2.24) is 29.7 Å². The van der Waals surface area contributed by atoms with Crippen LogP contribution in [0.2, 0.25) is 0 Å². The van der Waals surface area contributed by atoms with Gasteiger partial charge in [-0.1, -0.05) is 65.2 Å². The Labute approximate surface area is 287 Å². The van der Waals surface area contributed by atoms with Gasteiger partial charge in [0.1, 0.15) is 23.0 Å². The molecule has 0 aliphatic carbocycles. The van der Waals surface area contributed by atoms with Gasteiger partial charge in [0.25, 0.3) is 0 Å². The molecule has 9 nitrogen and oxygen atoms in total. The summed E-state index contributed by atoms with van der Waals surface area (Å²) in [5, 5.41) is 11.3. The Morgan fingerprint density at radius 3 is 1.73 bits per heavy atom. The van der Waals surface area contributed by atoms with E-state index in [1.54, 1.807) is 19.3 Å². The summed E-state index contributed by atoms with van der Waals surface area (Å²) in [4.78, 5) is 29.7. The molecule has 1 amide bonds. The van der Waals surface area contributed by atoms with E-state index in [0.29, 0.717) is 18.1 Å². The van der Waals surface area contributed by atoms with Gasteiger partial charge in [-0.15, -0.1) is 0 Å². The van der Waals surface area contributed by atoms with E-state index in [1.165, 1.54) is 11.2 Å². The Morgan fingerprint density at radius 1 is 0.875 bits per heavy atom. The summed E-state index contributed by atoms with van der Waals surface area (Å²) in [6.45, 7) is 23.7. The zero-order chi connectivity index (χ0) is 36.1. The Hall–Kier alpha value is -4.99. The lowest BCUT2D eigenvalue weighted by molar-refractivity contribution is 0.0775. The number of H-pyrrole nitrogens is 2. The van der Waals surface area contributed by atoms with Gasteiger partial charge in [0.05, 0.1) is 37.3 Å². The van der Waals surface area contributed by atoms with Crippen molar-refractivity contribution in [2.45, 2.75) is 87.4 Å². The molecule has 0 aliphatic rings. The van der Waals surface area contributed by atoms with Gasteiger partial charge in [0.15, 0.2) is 0 Å². The number of carbonyl (C=O) groups is 1. The maximum Gasteiger partial charge on any atom is 0.407 e. The zero-order valence-corrected chi connectivity index (χ0v) is 30.5. The first-order chi connectivity index (χ1) is 23.0. The van der Waals surface area contributed by atoms with E-state index in [-0.39, 0.29) is 12.1 Å². The lowest BCUT2D eigenvalue weighted by Crippen LogP contribution is -2.28. The summed E-state index contributed by atoms with van der Waals surface area (Å²) in [6.07, 6.45) is 5.00. The van der Waals surface area contributed by atoms with Crippen LogP contribution < -0.4 is 0 Å². The van der Waals surface area contributed by atoms with Crippen molar-refractivity contribution < 1.29 is 14.6 Å². The van der Waals surface area contributed by atoms with Gasteiger partial charge in [0, 0.05) is 17.7 Å². The Bertz CT molecular complexity index is 1670. The van der Waals surface area contributed by atoms with Crippen molar-refractivity contribution in [3.63, 3.8) is 0 Å². The normalized spacial score (nSPS) is 9.98. The largest absolute Gasteiger partial charge is 0.496 e. The van der Waals surface area contributed by atoms with Crippen molar-refractivity contribution in [3.8, 4) is 23.7 Å². The van der Waals surface area contributed by atoms with E-state index in [0.717, 1.165) is 52.9 Å². The molecule has 0 atom stereocenters. The molecule has 2 aromatic carbocycles.